The second-order valence-electron chi connectivity index (χ2n) is 8.07. The van der Waals surface area contributed by atoms with Gasteiger partial charge in [-0.2, -0.15) is 0 Å². The van der Waals surface area contributed by atoms with E-state index in [1.807, 2.05) is 11.0 Å². The lowest BCUT2D eigenvalue weighted by Gasteiger charge is -2.40. The first-order valence-corrected chi connectivity index (χ1v) is 10.5. The Morgan fingerprint density at radius 2 is 1.85 bits per heavy atom. The van der Waals surface area contributed by atoms with Crippen LogP contribution in [0.2, 0.25) is 0 Å². The van der Waals surface area contributed by atoms with Crippen LogP contribution in [0.15, 0.2) is 30.3 Å². The van der Waals surface area contributed by atoms with Crippen molar-refractivity contribution >= 4 is 6.03 Å². The Bertz CT molecular complexity index is 559. The number of carbonyl (C=O) groups is 1. The van der Waals surface area contributed by atoms with Gasteiger partial charge >= 0.3 is 6.03 Å². The van der Waals surface area contributed by atoms with Crippen LogP contribution in [0.3, 0.4) is 0 Å². The minimum atomic E-state index is 0.0675. The maximum atomic E-state index is 13.1. The molecule has 0 radical (unpaired) electrons. The Morgan fingerprint density at radius 3 is 2.44 bits per heavy atom. The van der Waals surface area contributed by atoms with Gasteiger partial charge in [-0.15, -0.1) is 0 Å². The van der Waals surface area contributed by atoms with Crippen molar-refractivity contribution in [3.63, 3.8) is 0 Å². The lowest BCUT2D eigenvalue weighted by Crippen LogP contribution is -2.54. The highest BCUT2D eigenvalue weighted by molar-refractivity contribution is 5.75. The highest BCUT2D eigenvalue weighted by Crippen LogP contribution is 2.24. The largest absolute Gasteiger partial charge is 0.336 e. The Hall–Kier alpha value is -1.59. The molecule has 1 aliphatic heterocycles. The zero-order chi connectivity index (χ0) is 19.8. The van der Waals surface area contributed by atoms with E-state index in [1.54, 1.807) is 0 Å². The van der Waals surface area contributed by atoms with Crippen LogP contribution >= 0.6 is 0 Å². The van der Waals surface area contributed by atoms with Crippen LogP contribution in [0.25, 0.3) is 0 Å². The first-order chi connectivity index (χ1) is 13.0. The minimum absolute atomic E-state index is 0.0675. The lowest BCUT2D eigenvalue weighted by atomic mass is 10.0. The SMILES string of the molecule is CCN(CC)C(CNC(=O)N1CCN(C)CC1c1ccccc1)CC(C)C. The van der Waals surface area contributed by atoms with Crippen molar-refractivity contribution in [1.82, 2.24) is 20.0 Å². The number of hydrogen-bond donors (Lipinski definition) is 1. The molecule has 0 spiro atoms. The predicted octanol–water partition coefficient (Wildman–Crippen LogP) is 3.44. The van der Waals surface area contributed by atoms with Crippen molar-refractivity contribution in [2.24, 2.45) is 5.92 Å². The number of likely N-dealkylation sites (N-methyl/N-ethyl adjacent to an activating group) is 2. The van der Waals surface area contributed by atoms with Gasteiger partial charge in [0.05, 0.1) is 6.04 Å². The van der Waals surface area contributed by atoms with E-state index in [0.29, 0.717) is 18.5 Å². The van der Waals surface area contributed by atoms with Gasteiger partial charge < -0.3 is 15.1 Å². The molecule has 2 atom stereocenters. The van der Waals surface area contributed by atoms with E-state index >= 15 is 0 Å². The summed E-state index contributed by atoms with van der Waals surface area (Å²) >= 11 is 0. The third kappa shape index (κ3) is 6.22. The molecule has 0 bridgehead atoms. The molecule has 0 aliphatic carbocycles. The number of carbonyl (C=O) groups excluding carboxylic acids is 1. The van der Waals surface area contributed by atoms with Crippen molar-refractivity contribution in [3.05, 3.63) is 35.9 Å². The van der Waals surface area contributed by atoms with Crippen LogP contribution in [0.5, 0.6) is 0 Å². The fourth-order valence-electron chi connectivity index (χ4n) is 4.08. The third-order valence-electron chi connectivity index (χ3n) is 5.59. The molecule has 2 rings (SSSR count). The summed E-state index contributed by atoms with van der Waals surface area (Å²) in [4.78, 5) is 19.8. The van der Waals surface area contributed by atoms with Crippen molar-refractivity contribution < 1.29 is 4.79 Å². The summed E-state index contributed by atoms with van der Waals surface area (Å²) in [6, 6.07) is 11.0. The van der Waals surface area contributed by atoms with Crippen molar-refractivity contribution in [2.75, 3.05) is 46.3 Å². The van der Waals surface area contributed by atoms with Crippen LogP contribution in [0.4, 0.5) is 4.79 Å². The summed E-state index contributed by atoms with van der Waals surface area (Å²) in [5, 5.41) is 3.25. The Kier molecular flexibility index (Phi) is 8.58. The molecule has 1 N–H and O–H groups in total. The monoisotopic (exact) mass is 374 g/mol. The average Bonchev–Trinajstić information content (AvgIpc) is 2.67. The zero-order valence-corrected chi connectivity index (χ0v) is 17.8. The van der Waals surface area contributed by atoms with Crippen molar-refractivity contribution in [2.45, 2.75) is 46.2 Å². The highest BCUT2D eigenvalue weighted by atomic mass is 16.2. The van der Waals surface area contributed by atoms with Crippen LogP contribution in [0, 0.1) is 5.92 Å². The number of benzene rings is 1. The molecule has 1 heterocycles. The van der Waals surface area contributed by atoms with Crippen LogP contribution in [-0.4, -0.2) is 73.1 Å². The molecule has 1 aromatic carbocycles. The maximum absolute atomic E-state index is 13.1. The van der Waals surface area contributed by atoms with Gasteiger partial charge in [-0.1, -0.05) is 58.0 Å². The van der Waals surface area contributed by atoms with Gasteiger partial charge in [0, 0.05) is 32.2 Å². The molecule has 5 nitrogen and oxygen atoms in total. The molecule has 2 amide bonds. The van der Waals surface area contributed by atoms with Crippen LogP contribution in [0.1, 0.15) is 45.7 Å². The van der Waals surface area contributed by atoms with Gasteiger partial charge in [0.25, 0.3) is 0 Å². The molecule has 0 aromatic heterocycles. The molecule has 0 saturated carbocycles. The molecule has 1 aliphatic rings. The fraction of sp³-hybridized carbons (Fsp3) is 0.682. The number of nitrogens with one attached hydrogen (secondary N) is 1. The summed E-state index contributed by atoms with van der Waals surface area (Å²) in [6.07, 6.45) is 1.10. The first-order valence-electron chi connectivity index (χ1n) is 10.5. The molecule has 1 fully saturated rings. The Labute approximate surface area is 165 Å². The number of rotatable bonds is 8. The molecule has 27 heavy (non-hydrogen) atoms. The molecular weight excluding hydrogens is 336 g/mol. The van der Waals surface area contributed by atoms with Crippen LogP contribution in [-0.2, 0) is 0 Å². The third-order valence-corrected chi connectivity index (χ3v) is 5.59. The van der Waals surface area contributed by atoms with Gasteiger partial charge in [0.1, 0.15) is 0 Å². The number of hydrogen-bond acceptors (Lipinski definition) is 3. The summed E-state index contributed by atoms with van der Waals surface area (Å²) in [5.74, 6) is 0.619. The van der Waals surface area contributed by atoms with E-state index in [-0.39, 0.29) is 12.1 Å². The van der Waals surface area contributed by atoms with Gasteiger partial charge in [0.2, 0.25) is 0 Å². The summed E-state index contributed by atoms with van der Waals surface area (Å²) in [6.45, 7) is 14.2. The average molecular weight is 375 g/mol. The smallest absolute Gasteiger partial charge is 0.318 e. The van der Waals surface area contributed by atoms with Gasteiger partial charge in [-0.25, -0.2) is 4.79 Å². The van der Waals surface area contributed by atoms with E-state index in [9.17, 15) is 4.79 Å². The van der Waals surface area contributed by atoms with Gasteiger partial charge in [-0.05, 0) is 38.0 Å². The topological polar surface area (TPSA) is 38.8 Å². The molecule has 1 saturated heterocycles. The normalized spacial score (nSPS) is 19.5. The highest BCUT2D eigenvalue weighted by Gasteiger charge is 2.30. The number of urea groups is 1. The predicted molar refractivity (Wildman–Crippen MR) is 113 cm³/mol. The summed E-state index contributed by atoms with van der Waals surface area (Å²) in [7, 11) is 2.13. The Morgan fingerprint density at radius 1 is 1.19 bits per heavy atom. The van der Waals surface area contributed by atoms with E-state index < -0.39 is 0 Å². The minimum Gasteiger partial charge on any atom is -0.336 e. The van der Waals surface area contributed by atoms with Gasteiger partial charge in [-0.3, -0.25) is 4.90 Å². The maximum Gasteiger partial charge on any atom is 0.318 e. The molecule has 2 unspecified atom stereocenters. The van der Waals surface area contributed by atoms with E-state index in [0.717, 1.165) is 39.1 Å². The lowest BCUT2D eigenvalue weighted by molar-refractivity contribution is 0.105. The zero-order valence-electron chi connectivity index (χ0n) is 17.8. The Balaban J connectivity index is 2.05. The number of piperazine rings is 1. The number of nitrogens with zero attached hydrogens (tertiary/aromatic N) is 3. The van der Waals surface area contributed by atoms with Gasteiger partial charge in [0.15, 0.2) is 0 Å². The second kappa shape index (κ2) is 10.7. The van der Waals surface area contributed by atoms with Crippen molar-refractivity contribution in [1.29, 1.82) is 0 Å². The van der Waals surface area contributed by atoms with Crippen molar-refractivity contribution in [3.8, 4) is 0 Å². The standard InChI is InChI=1S/C22H38N4O/c1-6-25(7-2)20(15-18(3)4)16-23-22(27)26-14-13-24(5)17-21(26)19-11-9-8-10-12-19/h8-12,18,20-21H,6-7,13-17H2,1-5H3,(H,23,27). The molecule has 5 heteroatoms. The first kappa shape index (κ1) is 21.7. The molecular formula is C22H38N4O. The molecule has 1 aromatic rings. The van der Waals surface area contributed by atoms with Crippen LogP contribution < -0.4 is 5.32 Å². The van der Waals surface area contributed by atoms with E-state index in [1.165, 1.54) is 5.56 Å². The van der Waals surface area contributed by atoms with E-state index in [4.69, 9.17) is 0 Å². The summed E-state index contributed by atoms with van der Waals surface area (Å²) < 4.78 is 0. The quantitative estimate of drug-likeness (QED) is 0.758. The van der Waals surface area contributed by atoms with E-state index in [2.05, 4.69) is 74.1 Å². The second-order valence-corrected chi connectivity index (χ2v) is 8.07. The molecule has 152 valence electrons. The fourth-order valence-corrected chi connectivity index (χ4v) is 4.08. The number of amides is 2. The summed E-state index contributed by atoms with van der Waals surface area (Å²) in [5.41, 5.74) is 1.21.